The van der Waals surface area contributed by atoms with E-state index in [4.69, 9.17) is 19.9 Å². The second-order valence-corrected chi connectivity index (χ2v) is 7.56. The van der Waals surface area contributed by atoms with Gasteiger partial charge in [0.1, 0.15) is 43.1 Å². The Morgan fingerprint density at radius 2 is 2.15 bits per heavy atom. The minimum absolute atomic E-state index is 0.0530. The Labute approximate surface area is 187 Å². The molecule has 0 aliphatic carbocycles. The molecule has 1 aromatic heterocycles. The van der Waals surface area contributed by atoms with Crippen LogP contribution in [-0.2, 0) is 15.0 Å². The number of hydrogen-bond acceptors (Lipinski definition) is 8. The van der Waals surface area contributed by atoms with E-state index in [0.717, 1.165) is 12.3 Å². The number of carbonyl (C=O) groups is 1. The van der Waals surface area contributed by atoms with Gasteiger partial charge < -0.3 is 25.3 Å². The Hall–Kier alpha value is -3.41. The van der Waals surface area contributed by atoms with E-state index in [1.54, 1.807) is 0 Å². The van der Waals surface area contributed by atoms with E-state index in [9.17, 15) is 18.0 Å². The highest BCUT2D eigenvalue weighted by molar-refractivity contribution is 6.02. The van der Waals surface area contributed by atoms with Crippen molar-refractivity contribution < 1.29 is 32.2 Å². The van der Waals surface area contributed by atoms with E-state index < -0.39 is 42.6 Å². The number of anilines is 1. The van der Waals surface area contributed by atoms with Gasteiger partial charge in [-0.05, 0) is 18.2 Å². The predicted octanol–water partition coefficient (Wildman–Crippen LogP) is 2.13. The van der Waals surface area contributed by atoms with Crippen molar-refractivity contribution in [3.05, 3.63) is 47.7 Å². The highest BCUT2D eigenvalue weighted by atomic mass is 19.1. The molecule has 0 saturated carbocycles. The van der Waals surface area contributed by atoms with Crippen molar-refractivity contribution in [3.8, 4) is 5.88 Å². The number of nitrogens with two attached hydrogens (primary N) is 1. The van der Waals surface area contributed by atoms with E-state index in [2.05, 4.69) is 20.3 Å². The fourth-order valence-corrected chi connectivity index (χ4v) is 4.01. The number of benzene rings is 1. The maximum atomic E-state index is 14.9. The van der Waals surface area contributed by atoms with Gasteiger partial charge in [0, 0.05) is 17.7 Å². The van der Waals surface area contributed by atoms with Crippen LogP contribution in [0.3, 0.4) is 0 Å². The standard InChI is InChI=1S/C21H22F3N5O4/c22-4-6-32-18-9-26-16(8-27-18)19(30)28-12-1-2-15(24)13(7-12)21(11-23)14-10-31-5-3-17(14)33-20(25)29-21/h1-2,7-9,14,17H,3-6,10-11H2,(H2,25,29)(H,28,30)/t14-,17+,21+/m0/s1. The lowest BCUT2D eigenvalue weighted by molar-refractivity contribution is -0.0785. The van der Waals surface area contributed by atoms with Gasteiger partial charge >= 0.3 is 0 Å². The molecule has 0 spiro atoms. The molecule has 2 aliphatic rings. The predicted molar refractivity (Wildman–Crippen MR) is 111 cm³/mol. The number of alkyl halides is 2. The summed E-state index contributed by atoms with van der Waals surface area (Å²) in [6, 6.07) is 3.53. The van der Waals surface area contributed by atoms with E-state index in [1.165, 1.54) is 18.3 Å². The Morgan fingerprint density at radius 1 is 1.30 bits per heavy atom. The number of hydrogen-bond donors (Lipinski definition) is 2. The van der Waals surface area contributed by atoms with Gasteiger partial charge in [0.05, 0.1) is 31.5 Å². The van der Waals surface area contributed by atoms with Gasteiger partial charge in [-0.25, -0.2) is 28.1 Å². The first-order valence-corrected chi connectivity index (χ1v) is 10.2. The zero-order chi connectivity index (χ0) is 23.4. The van der Waals surface area contributed by atoms with Crippen molar-refractivity contribution in [2.24, 2.45) is 16.6 Å². The second-order valence-electron chi connectivity index (χ2n) is 7.56. The summed E-state index contributed by atoms with van der Waals surface area (Å²) < 4.78 is 57.7. The summed E-state index contributed by atoms with van der Waals surface area (Å²) >= 11 is 0. The monoisotopic (exact) mass is 465 g/mol. The Balaban J connectivity index is 1.61. The molecule has 0 bridgehead atoms. The average Bonchev–Trinajstić information content (AvgIpc) is 2.83. The Morgan fingerprint density at radius 3 is 2.88 bits per heavy atom. The minimum Gasteiger partial charge on any atom is -0.474 e. The summed E-state index contributed by atoms with van der Waals surface area (Å²) in [5.41, 5.74) is 4.21. The number of aromatic nitrogens is 2. The molecule has 0 radical (unpaired) electrons. The summed E-state index contributed by atoms with van der Waals surface area (Å²) in [4.78, 5) is 24.5. The highest BCUT2D eigenvalue weighted by Gasteiger charge is 2.52. The van der Waals surface area contributed by atoms with E-state index in [0.29, 0.717) is 13.0 Å². The number of fused-ring (bicyclic) bond motifs is 1. The normalized spacial score (nSPS) is 24.3. The number of rotatable bonds is 7. The quantitative estimate of drug-likeness (QED) is 0.643. The van der Waals surface area contributed by atoms with E-state index in [-0.39, 0.29) is 42.1 Å². The molecule has 4 rings (SSSR count). The van der Waals surface area contributed by atoms with E-state index >= 15 is 0 Å². The third kappa shape index (κ3) is 4.56. The molecule has 3 heterocycles. The first-order valence-electron chi connectivity index (χ1n) is 10.2. The molecule has 1 fully saturated rings. The average molecular weight is 465 g/mol. The van der Waals surface area contributed by atoms with Crippen LogP contribution >= 0.6 is 0 Å². The molecule has 33 heavy (non-hydrogen) atoms. The number of nitrogens with zero attached hydrogens (tertiary/aromatic N) is 3. The lowest BCUT2D eigenvalue weighted by atomic mass is 9.74. The molecule has 2 aromatic rings. The number of halogens is 3. The number of ether oxygens (including phenoxy) is 3. The van der Waals surface area contributed by atoms with Crippen molar-refractivity contribution in [1.82, 2.24) is 9.97 Å². The topological polar surface area (TPSA) is 121 Å². The summed E-state index contributed by atoms with van der Waals surface area (Å²) in [6.45, 7) is -1.38. The molecule has 1 aromatic carbocycles. The van der Waals surface area contributed by atoms with Crippen molar-refractivity contribution in [3.63, 3.8) is 0 Å². The number of carbonyl (C=O) groups excluding carboxylic acids is 1. The molecule has 12 heteroatoms. The number of amidine groups is 1. The van der Waals surface area contributed by atoms with Crippen molar-refractivity contribution in [2.45, 2.75) is 18.1 Å². The Kier molecular flexibility index (Phi) is 6.63. The van der Waals surface area contributed by atoms with Gasteiger partial charge in [0.2, 0.25) is 5.88 Å². The Bertz CT molecular complexity index is 1040. The molecular formula is C21H22F3N5O4. The van der Waals surface area contributed by atoms with Gasteiger partial charge in [0.15, 0.2) is 0 Å². The molecule has 2 aliphatic heterocycles. The molecule has 0 unspecified atom stereocenters. The molecule has 1 amide bonds. The maximum Gasteiger partial charge on any atom is 0.283 e. The smallest absolute Gasteiger partial charge is 0.283 e. The second kappa shape index (κ2) is 9.61. The van der Waals surface area contributed by atoms with Crippen LogP contribution in [0.15, 0.2) is 35.6 Å². The minimum atomic E-state index is -1.66. The SMILES string of the molecule is NC1=N[C@](CF)(c2cc(NC(=O)c3cnc(OCCF)cn3)ccc2F)[C@H]2COCC[C@H]2O1. The molecule has 176 valence electrons. The first-order chi connectivity index (χ1) is 16.0. The molecular weight excluding hydrogens is 443 g/mol. The summed E-state index contributed by atoms with van der Waals surface area (Å²) in [7, 11) is 0. The summed E-state index contributed by atoms with van der Waals surface area (Å²) in [6.07, 6.45) is 2.33. The number of aliphatic imine (C=N–C) groups is 1. The van der Waals surface area contributed by atoms with Crippen LogP contribution in [0.1, 0.15) is 22.5 Å². The molecule has 3 atom stereocenters. The van der Waals surface area contributed by atoms with Crippen LogP contribution in [-0.4, -0.2) is 61.2 Å². The molecule has 3 N–H and O–H groups in total. The zero-order valence-electron chi connectivity index (χ0n) is 17.5. The van der Waals surface area contributed by atoms with Gasteiger partial charge in [0.25, 0.3) is 11.9 Å². The van der Waals surface area contributed by atoms with Gasteiger partial charge in [-0.2, -0.15) is 0 Å². The largest absolute Gasteiger partial charge is 0.474 e. The number of amides is 1. The van der Waals surface area contributed by atoms with Gasteiger partial charge in [-0.1, -0.05) is 0 Å². The molecule has 9 nitrogen and oxygen atoms in total. The van der Waals surface area contributed by atoms with Crippen molar-refractivity contribution in [1.29, 1.82) is 0 Å². The zero-order valence-corrected chi connectivity index (χ0v) is 17.5. The lowest BCUT2D eigenvalue weighted by Gasteiger charge is -2.45. The van der Waals surface area contributed by atoms with Crippen LogP contribution in [0.5, 0.6) is 5.88 Å². The van der Waals surface area contributed by atoms with Crippen LogP contribution in [0.2, 0.25) is 0 Å². The van der Waals surface area contributed by atoms with Crippen molar-refractivity contribution >= 4 is 17.6 Å². The summed E-state index contributed by atoms with van der Waals surface area (Å²) in [5.74, 6) is -1.88. The lowest BCUT2D eigenvalue weighted by Crippen LogP contribution is -2.54. The summed E-state index contributed by atoms with van der Waals surface area (Å²) in [5, 5.41) is 2.58. The van der Waals surface area contributed by atoms with Crippen LogP contribution in [0.25, 0.3) is 0 Å². The first kappa shape index (κ1) is 22.8. The third-order valence-electron chi connectivity index (χ3n) is 5.57. The van der Waals surface area contributed by atoms with Crippen LogP contribution < -0.4 is 15.8 Å². The maximum absolute atomic E-state index is 14.9. The van der Waals surface area contributed by atoms with Gasteiger partial charge in [-0.3, -0.25) is 4.79 Å². The van der Waals surface area contributed by atoms with Crippen LogP contribution in [0, 0.1) is 11.7 Å². The fraction of sp³-hybridized carbons (Fsp3) is 0.429. The van der Waals surface area contributed by atoms with Crippen molar-refractivity contribution in [2.75, 3.05) is 38.5 Å². The van der Waals surface area contributed by atoms with Crippen LogP contribution in [0.4, 0.5) is 18.9 Å². The van der Waals surface area contributed by atoms with Gasteiger partial charge in [-0.15, -0.1) is 0 Å². The highest BCUT2D eigenvalue weighted by Crippen LogP contribution is 2.44. The number of nitrogens with one attached hydrogen (secondary N) is 1. The van der Waals surface area contributed by atoms with E-state index in [1.807, 2.05) is 0 Å². The fourth-order valence-electron chi connectivity index (χ4n) is 4.01. The third-order valence-corrected chi connectivity index (χ3v) is 5.57. The molecule has 1 saturated heterocycles.